The van der Waals surface area contributed by atoms with E-state index in [1.54, 1.807) is 30.3 Å². The van der Waals surface area contributed by atoms with Gasteiger partial charge in [-0.3, -0.25) is 4.79 Å². The standard InChI is InChI=1S/C21H24ClFN2O2/c1-25(2)14-4-13-24-21(26)12-9-16-7-10-17(11-8-16)27-15-18-19(22)5-3-6-20(18)23/h3,5-12H,4,13-15H2,1-2H3,(H,24,26)/b12-9+. The first-order valence-electron chi connectivity index (χ1n) is 8.72. The molecule has 0 aliphatic carbocycles. The number of halogens is 2. The molecule has 0 aliphatic heterocycles. The van der Waals surface area contributed by atoms with Crippen molar-refractivity contribution >= 4 is 23.6 Å². The van der Waals surface area contributed by atoms with Crippen LogP contribution in [0.5, 0.6) is 5.75 Å². The van der Waals surface area contributed by atoms with E-state index in [1.807, 2.05) is 26.2 Å². The van der Waals surface area contributed by atoms with Crippen molar-refractivity contribution in [3.63, 3.8) is 0 Å². The van der Waals surface area contributed by atoms with Crippen LogP contribution in [0.25, 0.3) is 6.08 Å². The summed E-state index contributed by atoms with van der Waals surface area (Å²) in [5.74, 6) is 0.0848. The van der Waals surface area contributed by atoms with E-state index < -0.39 is 5.82 Å². The molecule has 4 nitrogen and oxygen atoms in total. The number of hydrogen-bond donors (Lipinski definition) is 1. The van der Waals surface area contributed by atoms with E-state index in [-0.39, 0.29) is 12.5 Å². The van der Waals surface area contributed by atoms with Gasteiger partial charge in [0, 0.05) is 18.2 Å². The van der Waals surface area contributed by atoms with Gasteiger partial charge < -0.3 is 15.0 Å². The highest BCUT2D eigenvalue weighted by Crippen LogP contribution is 2.21. The molecule has 6 heteroatoms. The Labute approximate surface area is 164 Å². The van der Waals surface area contributed by atoms with Crippen LogP contribution in [0.2, 0.25) is 5.02 Å². The zero-order valence-electron chi connectivity index (χ0n) is 15.5. The lowest BCUT2D eigenvalue weighted by Gasteiger charge is -2.09. The molecular weight excluding hydrogens is 367 g/mol. The van der Waals surface area contributed by atoms with Crippen molar-refractivity contribution in [3.05, 3.63) is 70.5 Å². The third-order valence-electron chi connectivity index (χ3n) is 3.83. The van der Waals surface area contributed by atoms with Gasteiger partial charge in [-0.25, -0.2) is 4.39 Å². The average molecular weight is 391 g/mol. The first-order valence-corrected chi connectivity index (χ1v) is 9.10. The SMILES string of the molecule is CN(C)CCCNC(=O)/C=C/c1ccc(OCc2c(F)cccc2Cl)cc1. The van der Waals surface area contributed by atoms with E-state index in [9.17, 15) is 9.18 Å². The molecule has 0 aromatic heterocycles. The number of hydrogen-bond acceptors (Lipinski definition) is 3. The highest BCUT2D eigenvalue weighted by atomic mass is 35.5. The maximum absolute atomic E-state index is 13.7. The Balaban J connectivity index is 1.81. The van der Waals surface area contributed by atoms with Crippen LogP contribution in [-0.2, 0) is 11.4 Å². The van der Waals surface area contributed by atoms with Gasteiger partial charge in [0.2, 0.25) is 5.91 Å². The fourth-order valence-electron chi connectivity index (χ4n) is 2.34. The summed E-state index contributed by atoms with van der Waals surface area (Å²) < 4.78 is 19.3. The smallest absolute Gasteiger partial charge is 0.243 e. The van der Waals surface area contributed by atoms with Gasteiger partial charge in [0.1, 0.15) is 18.2 Å². The highest BCUT2D eigenvalue weighted by molar-refractivity contribution is 6.31. The van der Waals surface area contributed by atoms with Gasteiger partial charge in [0.25, 0.3) is 0 Å². The Bertz CT molecular complexity index is 756. The molecule has 0 fully saturated rings. The Kier molecular flexibility index (Phi) is 8.30. The summed E-state index contributed by atoms with van der Waals surface area (Å²) in [6.07, 6.45) is 4.15. The summed E-state index contributed by atoms with van der Waals surface area (Å²) in [6, 6.07) is 11.7. The molecule has 0 bridgehead atoms. The number of benzene rings is 2. The Morgan fingerprint density at radius 1 is 1.22 bits per heavy atom. The van der Waals surface area contributed by atoms with Gasteiger partial charge in [-0.2, -0.15) is 0 Å². The molecule has 2 aromatic rings. The topological polar surface area (TPSA) is 41.6 Å². The van der Waals surface area contributed by atoms with Crippen molar-refractivity contribution in [2.24, 2.45) is 0 Å². The molecule has 0 atom stereocenters. The molecule has 0 aliphatic rings. The number of amides is 1. The molecule has 0 spiro atoms. The van der Waals surface area contributed by atoms with Crippen molar-refractivity contribution in [2.75, 3.05) is 27.2 Å². The molecule has 1 amide bonds. The molecule has 0 radical (unpaired) electrons. The largest absolute Gasteiger partial charge is 0.489 e. The number of ether oxygens (including phenoxy) is 1. The predicted molar refractivity (Wildman–Crippen MR) is 107 cm³/mol. The van der Waals surface area contributed by atoms with Crippen LogP contribution in [-0.4, -0.2) is 38.0 Å². The van der Waals surface area contributed by atoms with Gasteiger partial charge in [0.05, 0.1) is 5.02 Å². The maximum Gasteiger partial charge on any atom is 0.243 e. The molecule has 2 rings (SSSR count). The van der Waals surface area contributed by atoms with E-state index in [4.69, 9.17) is 16.3 Å². The summed E-state index contributed by atoms with van der Waals surface area (Å²) in [5, 5.41) is 3.18. The average Bonchev–Trinajstić information content (AvgIpc) is 2.64. The van der Waals surface area contributed by atoms with Crippen molar-refractivity contribution in [2.45, 2.75) is 13.0 Å². The number of nitrogens with zero attached hydrogens (tertiary/aromatic N) is 1. The monoisotopic (exact) mass is 390 g/mol. The molecule has 27 heavy (non-hydrogen) atoms. The normalized spacial score (nSPS) is 11.1. The fraction of sp³-hybridized carbons (Fsp3) is 0.286. The molecule has 2 aromatic carbocycles. The number of carbonyl (C=O) groups is 1. The molecule has 0 saturated heterocycles. The van der Waals surface area contributed by atoms with Crippen LogP contribution >= 0.6 is 11.6 Å². The van der Waals surface area contributed by atoms with Gasteiger partial charge in [-0.1, -0.05) is 29.8 Å². The van der Waals surface area contributed by atoms with Crippen molar-refractivity contribution in [1.29, 1.82) is 0 Å². The second-order valence-electron chi connectivity index (χ2n) is 6.34. The van der Waals surface area contributed by atoms with Gasteiger partial charge in [-0.05, 0) is 63.0 Å². The first-order chi connectivity index (χ1) is 13.0. The van der Waals surface area contributed by atoms with Crippen molar-refractivity contribution in [1.82, 2.24) is 10.2 Å². The Morgan fingerprint density at radius 3 is 2.63 bits per heavy atom. The second kappa shape index (κ2) is 10.7. The number of rotatable bonds is 9. The van der Waals surface area contributed by atoms with Gasteiger partial charge >= 0.3 is 0 Å². The minimum absolute atomic E-state index is 0.0516. The van der Waals surface area contributed by atoms with Crippen LogP contribution < -0.4 is 10.1 Å². The van der Waals surface area contributed by atoms with Crippen LogP contribution in [0.1, 0.15) is 17.5 Å². The minimum atomic E-state index is -0.390. The van der Waals surface area contributed by atoms with Crippen LogP contribution in [0.3, 0.4) is 0 Å². The zero-order valence-corrected chi connectivity index (χ0v) is 16.3. The Hall–Kier alpha value is -2.37. The first kappa shape index (κ1) is 20.9. The second-order valence-corrected chi connectivity index (χ2v) is 6.75. The lowest BCUT2D eigenvalue weighted by atomic mass is 10.2. The highest BCUT2D eigenvalue weighted by Gasteiger charge is 2.07. The van der Waals surface area contributed by atoms with Crippen molar-refractivity contribution < 1.29 is 13.9 Å². The molecule has 0 heterocycles. The lowest BCUT2D eigenvalue weighted by Crippen LogP contribution is -2.25. The predicted octanol–water partition coefficient (Wildman–Crippen LogP) is 4.14. The summed E-state index contributed by atoms with van der Waals surface area (Å²) in [6.45, 7) is 1.63. The number of nitrogens with one attached hydrogen (secondary N) is 1. The molecule has 1 N–H and O–H groups in total. The third-order valence-corrected chi connectivity index (χ3v) is 4.19. The van der Waals surface area contributed by atoms with E-state index in [0.717, 1.165) is 18.5 Å². The molecular formula is C21H24ClFN2O2. The van der Waals surface area contributed by atoms with E-state index in [1.165, 1.54) is 12.1 Å². The minimum Gasteiger partial charge on any atom is -0.489 e. The zero-order chi connectivity index (χ0) is 19.6. The Morgan fingerprint density at radius 2 is 1.96 bits per heavy atom. The summed E-state index contributed by atoms with van der Waals surface area (Å²) in [7, 11) is 4.00. The third kappa shape index (κ3) is 7.41. The maximum atomic E-state index is 13.7. The lowest BCUT2D eigenvalue weighted by molar-refractivity contribution is -0.116. The summed E-state index contributed by atoms with van der Waals surface area (Å²) in [5.41, 5.74) is 1.20. The fourth-order valence-corrected chi connectivity index (χ4v) is 2.56. The van der Waals surface area contributed by atoms with E-state index >= 15 is 0 Å². The van der Waals surface area contributed by atoms with E-state index in [2.05, 4.69) is 10.2 Å². The van der Waals surface area contributed by atoms with Crippen LogP contribution in [0.15, 0.2) is 48.5 Å². The summed E-state index contributed by atoms with van der Waals surface area (Å²) >= 11 is 5.98. The van der Waals surface area contributed by atoms with E-state index in [0.29, 0.717) is 22.9 Å². The molecule has 0 saturated carbocycles. The molecule has 144 valence electrons. The summed E-state index contributed by atoms with van der Waals surface area (Å²) in [4.78, 5) is 13.8. The molecule has 0 unspecified atom stereocenters. The van der Waals surface area contributed by atoms with Gasteiger partial charge in [-0.15, -0.1) is 0 Å². The number of carbonyl (C=O) groups excluding carboxylic acids is 1. The van der Waals surface area contributed by atoms with Gasteiger partial charge in [0.15, 0.2) is 0 Å². The van der Waals surface area contributed by atoms with Crippen LogP contribution in [0.4, 0.5) is 4.39 Å². The van der Waals surface area contributed by atoms with Crippen LogP contribution in [0, 0.1) is 5.82 Å². The van der Waals surface area contributed by atoms with Crippen molar-refractivity contribution in [3.8, 4) is 5.75 Å². The quantitative estimate of drug-likeness (QED) is 0.517.